The van der Waals surface area contributed by atoms with Crippen molar-refractivity contribution in [3.05, 3.63) is 0 Å². The highest BCUT2D eigenvalue weighted by molar-refractivity contribution is 5.80. The number of rotatable bonds is 7. The second kappa shape index (κ2) is 7.41. The summed E-state index contributed by atoms with van der Waals surface area (Å²) in [4.78, 5) is 14.5. The number of hydrogen-bond acceptors (Lipinski definition) is 4. The third kappa shape index (κ3) is 5.06. The number of methoxy groups -OCH3 is 1. The Bertz CT molecular complexity index is 318. The van der Waals surface area contributed by atoms with Gasteiger partial charge in [-0.3, -0.25) is 4.79 Å². The van der Waals surface area contributed by atoms with E-state index in [0.29, 0.717) is 5.41 Å². The molecule has 1 heterocycles. The van der Waals surface area contributed by atoms with E-state index in [-0.39, 0.29) is 5.97 Å². The molecule has 20 heavy (non-hydrogen) atoms. The summed E-state index contributed by atoms with van der Waals surface area (Å²) in [5.41, 5.74) is -0.164. The van der Waals surface area contributed by atoms with Gasteiger partial charge in [-0.05, 0) is 51.1 Å². The highest BCUT2D eigenvalue weighted by atomic mass is 16.5. The molecule has 1 unspecified atom stereocenters. The molecule has 1 aliphatic heterocycles. The van der Waals surface area contributed by atoms with Crippen LogP contribution in [-0.2, 0) is 9.53 Å². The van der Waals surface area contributed by atoms with E-state index in [2.05, 4.69) is 31.0 Å². The molecule has 1 atom stereocenters. The van der Waals surface area contributed by atoms with Gasteiger partial charge in [0.15, 0.2) is 0 Å². The molecule has 0 amide bonds. The average Bonchev–Trinajstić information content (AvgIpc) is 2.41. The van der Waals surface area contributed by atoms with Gasteiger partial charge in [-0.1, -0.05) is 20.8 Å². The summed E-state index contributed by atoms with van der Waals surface area (Å²) in [5, 5.41) is 3.36. The van der Waals surface area contributed by atoms with E-state index in [4.69, 9.17) is 4.74 Å². The van der Waals surface area contributed by atoms with Crippen LogP contribution in [0.2, 0.25) is 0 Å². The summed E-state index contributed by atoms with van der Waals surface area (Å²) in [6, 6.07) is 0. The van der Waals surface area contributed by atoms with Crippen LogP contribution in [0.15, 0.2) is 0 Å². The lowest BCUT2D eigenvalue weighted by Gasteiger charge is -2.39. The van der Waals surface area contributed by atoms with Gasteiger partial charge in [0.2, 0.25) is 0 Å². The lowest BCUT2D eigenvalue weighted by atomic mass is 9.84. The van der Waals surface area contributed by atoms with Crippen LogP contribution in [0, 0.1) is 5.41 Å². The van der Waals surface area contributed by atoms with Crippen LogP contribution in [0.4, 0.5) is 0 Å². The van der Waals surface area contributed by atoms with E-state index in [1.807, 2.05) is 6.92 Å². The van der Waals surface area contributed by atoms with Crippen LogP contribution in [0.1, 0.15) is 53.4 Å². The molecule has 4 nitrogen and oxygen atoms in total. The number of piperidine rings is 1. The van der Waals surface area contributed by atoms with Gasteiger partial charge in [0.25, 0.3) is 0 Å². The van der Waals surface area contributed by atoms with Crippen LogP contribution in [0.3, 0.4) is 0 Å². The predicted molar refractivity (Wildman–Crippen MR) is 82.8 cm³/mol. The molecule has 0 saturated carbocycles. The van der Waals surface area contributed by atoms with Crippen molar-refractivity contribution in [3.63, 3.8) is 0 Å². The molecule has 4 heteroatoms. The minimum atomic E-state index is -0.563. The Hall–Kier alpha value is -0.610. The van der Waals surface area contributed by atoms with Crippen molar-refractivity contribution in [1.82, 2.24) is 10.2 Å². The second-order valence-corrected chi connectivity index (χ2v) is 7.04. The normalized spacial score (nSPS) is 22.2. The lowest BCUT2D eigenvalue weighted by molar-refractivity contribution is -0.148. The van der Waals surface area contributed by atoms with Crippen molar-refractivity contribution in [1.29, 1.82) is 0 Å². The molecule has 1 rings (SSSR count). The molecular formula is C16H32N2O2. The van der Waals surface area contributed by atoms with Gasteiger partial charge in [0.05, 0.1) is 7.11 Å². The fourth-order valence-corrected chi connectivity index (χ4v) is 3.01. The average molecular weight is 284 g/mol. The van der Waals surface area contributed by atoms with Crippen LogP contribution in [0.25, 0.3) is 0 Å². The third-order valence-electron chi connectivity index (χ3n) is 4.31. The minimum absolute atomic E-state index is 0.151. The monoisotopic (exact) mass is 284 g/mol. The molecule has 0 aromatic rings. The van der Waals surface area contributed by atoms with Crippen molar-refractivity contribution < 1.29 is 9.53 Å². The van der Waals surface area contributed by atoms with Gasteiger partial charge in [0.1, 0.15) is 5.54 Å². The smallest absolute Gasteiger partial charge is 0.325 e. The molecule has 0 aliphatic carbocycles. The number of carbonyl (C=O) groups is 1. The molecule has 1 saturated heterocycles. The summed E-state index contributed by atoms with van der Waals surface area (Å²) in [6.45, 7) is 12.8. The molecule has 1 fully saturated rings. The first-order chi connectivity index (χ1) is 9.33. The van der Waals surface area contributed by atoms with E-state index in [1.54, 1.807) is 0 Å². The van der Waals surface area contributed by atoms with Crippen LogP contribution in [-0.4, -0.2) is 49.7 Å². The Labute approximate surface area is 124 Å². The number of esters is 1. The Balaban J connectivity index is 2.55. The lowest BCUT2D eigenvalue weighted by Crippen LogP contribution is -2.53. The number of nitrogens with one attached hydrogen (secondary N) is 1. The van der Waals surface area contributed by atoms with E-state index in [1.165, 1.54) is 20.0 Å². The Morgan fingerprint density at radius 1 is 1.45 bits per heavy atom. The first-order valence-corrected chi connectivity index (χ1v) is 7.89. The summed E-state index contributed by atoms with van der Waals surface area (Å²) >= 11 is 0. The fraction of sp³-hybridized carbons (Fsp3) is 0.938. The van der Waals surface area contributed by atoms with Crippen molar-refractivity contribution in [2.24, 2.45) is 5.41 Å². The minimum Gasteiger partial charge on any atom is -0.468 e. The first kappa shape index (κ1) is 17.4. The van der Waals surface area contributed by atoms with Crippen LogP contribution >= 0.6 is 0 Å². The van der Waals surface area contributed by atoms with Crippen molar-refractivity contribution in [3.8, 4) is 0 Å². The van der Waals surface area contributed by atoms with Crippen molar-refractivity contribution >= 4 is 5.97 Å². The van der Waals surface area contributed by atoms with E-state index < -0.39 is 5.54 Å². The second-order valence-electron chi connectivity index (χ2n) is 7.04. The maximum Gasteiger partial charge on any atom is 0.325 e. The molecular weight excluding hydrogens is 252 g/mol. The number of ether oxygens (including phenoxy) is 1. The van der Waals surface area contributed by atoms with Gasteiger partial charge >= 0.3 is 5.97 Å². The van der Waals surface area contributed by atoms with E-state index in [0.717, 1.165) is 39.0 Å². The van der Waals surface area contributed by atoms with Gasteiger partial charge in [-0.25, -0.2) is 0 Å². The van der Waals surface area contributed by atoms with Crippen LogP contribution in [0.5, 0.6) is 0 Å². The maximum absolute atomic E-state index is 12.0. The fourth-order valence-electron chi connectivity index (χ4n) is 3.01. The zero-order valence-electron chi connectivity index (χ0n) is 13.9. The quantitative estimate of drug-likeness (QED) is 0.729. The Kier molecular flexibility index (Phi) is 6.46. The molecule has 0 bridgehead atoms. The Morgan fingerprint density at radius 3 is 2.70 bits per heavy atom. The molecule has 0 spiro atoms. The molecule has 118 valence electrons. The summed E-state index contributed by atoms with van der Waals surface area (Å²) in [6.07, 6.45) is 4.37. The zero-order valence-corrected chi connectivity index (χ0v) is 13.9. The number of likely N-dealkylation sites (tertiary alicyclic amines) is 1. The zero-order chi connectivity index (χ0) is 15.2. The van der Waals surface area contributed by atoms with Crippen LogP contribution < -0.4 is 5.32 Å². The van der Waals surface area contributed by atoms with Crippen molar-refractivity contribution in [2.75, 3.05) is 33.3 Å². The molecule has 1 aliphatic rings. The van der Waals surface area contributed by atoms with Crippen molar-refractivity contribution in [2.45, 2.75) is 58.9 Å². The topological polar surface area (TPSA) is 41.6 Å². The highest BCUT2D eigenvalue weighted by Crippen LogP contribution is 2.28. The first-order valence-electron chi connectivity index (χ1n) is 7.89. The third-order valence-corrected chi connectivity index (χ3v) is 4.31. The number of hydrogen-bond donors (Lipinski definition) is 1. The van der Waals surface area contributed by atoms with E-state index >= 15 is 0 Å². The van der Waals surface area contributed by atoms with Gasteiger partial charge in [0, 0.05) is 13.1 Å². The summed E-state index contributed by atoms with van der Waals surface area (Å²) in [7, 11) is 1.47. The Morgan fingerprint density at radius 2 is 2.15 bits per heavy atom. The van der Waals surface area contributed by atoms with Gasteiger partial charge in [-0.2, -0.15) is 0 Å². The van der Waals surface area contributed by atoms with Gasteiger partial charge < -0.3 is 15.0 Å². The molecule has 0 radical (unpaired) electrons. The molecule has 1 N–H and O–H groups in total. The summed E-state index contributed by atoms with van der Waals surface area (Å²) in [5.74, 6) is -0.151. The van der Waals surface area contributed by atoms with Gasteiger partial charge in [-0.15, -0.1) is 0 Å². The maximum atomic E-state index is 12.0. The largest absolute Gasteiger partial charge is 0.468 e. The molecule has 0 aromatic carbocycles. The number of carbonyl (C=O) groups excluding carboxylic acids is 1. The number of nitrogens with zero attached hydrogens (tertiary/aromatic N) is 1. The summed E-state index contributed by atoms with van der Waals surface area (Å²) < 4.78 is 4.97. The predicted octanol–water partition coefficient (Wildman–Crippen LogP) is 2.43. The molecule has 0 aromatic heterocycles. The standard InChI is InChI=1S/C16H32N2O2/c1-6-10-17-16(4,14(19)20-5)9-12-18-11-7-8-15(2,3)13-18/h17H,6-13H2,1-5H3. The van der Waals surface area contributed by atoms with E-state index in [9.17, 15) is 4.79 Å². The highest BCUT2D eigenvalue weighted by Gasteiger charge is 2.35. The SMILES string of the molecule is CCCNC(C)(CCN1CCCC(C)(C)C1)C(=O)OC.